The SMILES string of the molecule is CC(C)(C)OP(=O)(OC[C@@H](CC(=O)c1ccc(-c2nc([C@@H]3CC[C@@H](O)[C@H](F)C3)cnc2N)cc1F)c1cc(F)cc(I)c1)OC(C)(C)C.CC(C)(C)OP(=O)(OC[C@@H](N)c1cc(F)cc(I)c1)OC(C)(C)C.Nc1ncc([C@@H]2CC[C@@H](O)[C@H](F)C2)nc1-c1ccc(C(=O)C[C@H](COP(=O)(O)O)c2cc(F)cc(I)c2)c(F)c1.Nc1ncc([C@@H]2CC[C@@H](O)[C@H](F)C2)nc1-c1ccc(C(=O)O)c(F)c1. The molecule has 0 bridgehead atoms. The highest BCUT2D eigenvalue weighted by Crippen LogP contribution is 2.58. The first kappa shape index (κ1) is 113. The average molecular weight is 2320 g/mol. The molecule has 12 rings (SSSR count). The van der Waals surface area contributed by atoms with Crippen LogP contribution in [0.25, 0.3) is 33.8 Å². The summed E-state index contributed by atoms with van der Waals surface area (Å²) in [5.74, 6) is -9.40. The molecule has 6 aromatic carbocycles. The molecule has 137 heavy (non-hydrogen) atoms. The Balaban J connectivity index is 0.000000213. The van der Waals surface area contributed by atoms with Crippen LogP contribution in [0.5, 0.6) is 0 Å². The Morgan fingerprint density at radius 3 is 0.985 bits per heavy atom. The van der Waals surface area contributed by atoms with Crippen molar-refractivity contribution in [3.8, 4) is 33.8 Å². The van der Waals surface area contributed by atoms with Crippen molar-refractivity contribution in [2.75, 3.05) is 37.0 Å². The lowest BCUT2D eigenvalue weighted by Crippen LogP contribution is -2.30. The monoisotopic (exact) mass is 2320 g/mol. The number of carboxylic acid groups (broad SMARTS) is 1. The lowest BCUT2D eigenvalue weighted by Gasteiger charge is -2.31. The molecule has 0 spiro atoms. The Labute approximate surface area is 828 Å². The number of Topliss-reactive ketones (excluding diaryl/α,β-unsaturated/α-hetero) is 2. The Bertz CT molecular complexity index is 5830. The summed E-state index contributed by atoms with van der Waals surface area (Å²) < 4.78 is 207. The van der Waals surface area contributed by atoms with E-state index in [0.29, 0.717) is 66.6 Å². The largest absolute Gasteiger partial charge is 0.478 e. The highest BCUT2D eigenvalue weighted by Gasteiger charge is 2.42. The van der Waals surface area contributed by atoms with Gasteiger partial charge in [0.05, 0.1) is 119 Å². The van der Waals surface area contributed by atoms with Crippen molar-refractivity contribution in [2.24, 2.45) is 5.73 Å². The van der Waals surface area contributed by atoms with Gasteiger partial charge in [0.15, 0.2) is 11.6 Å². The molecule has 0 radical (unpaired) electrons. The van der Waals surface area contributed by atoms with Crippen LogP contribution in [0, 0.1) is 45.6 Å². The van der Waals surface area contributed by atoms with Crippen molar-refractivity contribution in [3.63, 3.8) is 0 Å². The normalized spacial score (nSPS) is 19.7. The van der Waals surface area contributed by atoms with Crippen molar-refractivity contribution in [1.29, 1.82) is 0 Å². The standard InChI is InChI=1S/C34H42F3IN3O6P.C26H26F3IN3O6P.C17H17F2N3O3.C16H26FINO4P/c1-33(2,3)46-48(44,47-34(4,5)6)45-18-22(21-11-23(35)16-24(38)12-21)15-30(43)25-9-7-20(14-26(25)36)31-32(39)40-17-28(41-31)19-8-10-29(42)27(37)13-19;27-17-5-15(6-18(30)10-17)16(12-39-40(36,37)38)9-24(35)19-3-1-14(8-20(19)28)25-26(31)32-11-22(33-25)13-2-4-23(34)21(29)7-13;18-11-6-9(1-3-10(11)17(24)25)15-16(20)21-7-13(22-15)8-2-4-14(23)12(19)5-8;1-15(2,3)22-24(20,23-16(4,5)6)21-10-14(19)11-7-12(17)9-13(18)8-11/h7,9,11-12,14,16-17,19,22,27,29,42H,8,10,13,15,18H2,1-6H3,(H2,39,40);1,3,5-6,8,10-11,13,16,21,23,34H,2,4,7,9,12H2,(H2,31,32)(H2,36,37,38);1,3,6-8,12,14,23H,2,4-5H2,(H2,20,21)(H,24,25);7-9,14H,10,19H2,1-6H3/t19-,22-,27-,29-;13-,16-,21-,23-;8-,12-,14-;14-/m1111/s1. The number of phosphoric ester groups is 3. The number of aromatic nitrogens is 6. The number of phosphoric acid groups is 3. The van der Waals surface area contributed by atoms with Gasteiger partial charge in [-0.05, 0) is 316 Å². The van der Waals surface area contributed by atoms with E-state index in [-0.39, 0.29) is 138 Å². The van der Waals surface area contributed by atoms with Crippen LogP contribution in [0.4, 0.5) is 57.0 Å². The number of halogens is 12. The molecule has 3 aliphatic rings. The smallest absolute Gasteiger partial charge is 0.475 e. The molecule has 12 atom stereocenters. The van der Waals surface area contributed by atoms with Crippen LogP contribution in [0.3, 0.4) is 0 Å². The summed E-state index contributed by atoms with van der Waals surface area (Å²) in [5, 5.41) is 37.8. The van der Waals surface area contributed by atoms with E-state index in [1.807, 2.05) is 67.8 Å². The van der Waals surface area contributed by atoms with Crippen molar-refractivity contribution < 1.29 is 129 Å². The zero-order valence-corrected chi connectivity index (χ0v) is 86.0. The summed E-state index contributed by atoms with van der Waals surface area (Å²) in [6, 6.07) is 23.1. The fourth-order valence-electron chi connectivity index (χ4n) is 14.9. The summed E-state index contributed by atoms with van der Waals surface area (Å²) in [6.07, 6.45) is -0.792. The number of alkyl halides is 3. The summed E-state index contributed by atoms with van der Waals surface area (Å²) >= 11 is 5.81. The van der Waals surface area contributed by atoms with Crippen LogP contribution in [0.15, 0.2) is 128 Å². The minimum Gasteiger partial charge on any atom is -0.478 e. The maximum Gasteiger partial charge on any atom is 0.475 e. The molecule has 0 saturated heterocycles. The second kappa shape index (κ2) is 48.1. The number of hydrogen-bond acceptors (Lipinski definition) is 26. The van der Waals surface area contributed by atoms with E-state index in [2.05, 4.69) is 34.4 Å². The van der Waals surface area contributed by atoms with Gasteiger partial charge in [-0.1, -0.05) is 18.2 Å². The molecular weight excluding hydrogens is 2210 g/mol. The van der Waals surface area contributed by atoms with E-state index in [0.717, 1.165) is 33.9 Å². The second-order valence-electron chi connectivity index (χ2n) is 37.2. The number of aliphatic hydroxyl groups is 3. The topological polar surface area (TPSA) is 470 Å². The maximum absolute atomic E-state index is 15.6. The molecular formula is C93H111F9I3N10O19P3. The molecule has 9 aromatic rings. The fraction of sp³-hybridized carbons (Fsp3) is 0.452. The zero-order chi connectivity index (χ0) is 102. The minimum absolute atomic E-state index is 0.00484. The Morgan fingerprint density at radius 2 is 0.708 bits per heavy atom. The van der Waals surface area contributed by atoms with Crippen LogP contribution in [0.2, 0.25) is 0 Å². The second-order valence-corrected chi connectivity index (χ2v) is 45.2. The third-order valence-electron chi connectivity index (χ3n) is 21.2. The summed E-state index contributed by atoms with van der Waals surface area (Å²) in [5.41, 5.74) is 23.7. The highest BCUT2D eigenvalue weighted by molar-refractivity contribution is 14.1. The minimum atomic E-state index is -4.89. The van der Waals surface area contributed by atoms with Gasteiger partial charge in [-0.2, -0.15) is 0 Å². The van der Waals surface area contributed by atoms with Crippen molar-refractivity contribution in [1.82, 2.24) is 29.9 Å². The first-order valence-corrected chi connectivity index (χ1v) is 51.0. The first-order chi connectivity index (χ1) is 63.6. The lowest BCUT2D eigenvalue weighted by molar-refractivity contribution is -0.0000826. The molecule has 44 heteroatoms. The number of anilines is 3. The number of rotatable bonds is 29. The number of carbonyl (C=O) groups excluding carboxylic acids is 2. The summed E-state index contributed by atoms with van der Waals surface area (Å²) in [4.78, 5) is 81.6. The number of nitrogen functional groups attached to an aromatic ring is 3. The number of ketones is 2. The predicted molar refractivity (Wildman–Crippen MR) is 521 cm³/mol. The molecule has 0 aliphatic heterocycles. The number of benzene rings is 6. The Morgan fingerprint density at radius 1 is 0.423 bits per heavy atom. The quantitative estimate of drug-likeness (QED) is 0.00901. The molecule has 0 amide bonds. The van der Waals surface area contributed by atoms with E-state index in [4.69, 9.17) is 65.0 Å². The van der Waals surface area contributed by atoms with Gasteiger partial charge in [-0.15, -0.1) is 0 Å². The predicted octanol–water partition coefficient (Wildman–Crippen LogP) is 21.4. The van der Waals surface area contributed by atoms with Gasteiger partial charge < -0.3 is 53.1 Å². The maximum atomic E-state index is 15.6. The van der Waals surface area contributed by atoms with Gasteiger partial charge in [0, 0.05) is 69.8 Å². The average Bonchev–Trinajstić information content (AvgIpc) is 0.808. The molecule has 14 N–H and O–H groups in total. The number of aliphatic hydroxyl groups excluding tert-OH is 3. The highest BCUT2D eigenvalue weighted by atomic mass is 127. The van der Waals surface area contributed by atoms with E-state index in [1.165, 1.54) is 85.3 Å². The molecule has 3 aliphatic carbocycles. The molecule has 3 heterocycles. The van der Waals surface area contributed by atoms with Crippen molar-refractivity contribution in [2.45, 2.75) is 249 Å². The lowest BCUT2D eigenvalue weighted by atomic mass is 9.84. The van der Waals surface area contributed by atoms with E-state index in [9.17, 15) is 74.1 Å². The van der Waals surface area contributed by atoms with Gasteiger partial charge in [0.1, 0.15) is 88.0 Å². The van der Waals surface area contributed by atoms with Crippen LogP contribution in [0.1, 0.15) is 254 Å². The number of aromatic carboxylic acids is 1. The van der Waals surface area contributed by atoms with Crippen LogP contribution < -0.4 is 22.9 Å². The van der Waals surface area contributed by atoms with E-state index >= 15 is 8.78 Å². The molecule has 3 fully saturated rings. The number of hydrogen-bond donors (Lipinski definition) is 10. The van der Waals surface area contributed by atoms with Gasteiger partial charge in [-0.3, -0.25) is 41.3 Å². The zero-order valence-electron chi connectivity index (χ0n) is 76.8. The third-order valence-corrected chi connectivity index (χ3v) is 27.6. The van der Waals surface area contributed by atoms with Crippen LogP contribution in [-0.4, -0.2) is 157 Å². The third kappa shape index (κ3) is 34.7. The van der Waals surface area contributed by atoms with Crippen LogP contribution in [-0.2, 0) is 45.4 Å². The first-order valence-electron chi connectivity index (χ1n) is 43.3. The number of nitrogens with two attached hydrogens (primary N) is 4. The van der Waals surface area contributed by atoms with Gasteiger partial charge in [-0.25, -0.2) is 87.9 Å². The number of carbonyl (C=O) groups is 3. The van der Waals surface area contributed by atoms with Crippen molar-refractivity contribution >= 4 is 126 Å². The molecule has 3 saturated carbocycles. The van der Waals surface area contributed by atoms with Gasteiger partial charge in [0.25, 0.3) is 0 Å². The van der Waals surface area contributed by atoms with Gasteiger partial charge >= 0.3 is 29.4 Å². The van der Waals surface area contributed by atoms with E-state index in [1.54, 1.807) is 95.2 Å². The van der Waals surface area contributed by atoms with Crippen molar-refractivity contribution in [3.05, 3.63) is 224 Å². The molecule has 746 valence electrons. The van der Waals surface area contributed by atoms with Crippen LogP contribution >= 0.6 is 91.2 Å². The molecule has 0 unspecified atom stereocenters. The number of nitrogens with zero attached hydrogens (tertiary/aromatic N) is 6. The Hall–Kier alpha value is -7.50. The summed E-state index contributed by atoms with van der Waals surface area (Å²) in [6.45, 7) is 19.6. The molecule has 3 aromatic heterocycles. The number of carboxylic acids is 1. The van der Waals surface area contributed by atoms with E-state index < -0.39 is 166 Å². The fourth-order valence-corrected chi connectivity index (χ4v) is 20.9. The summed E-state index contributed by atoms with van der Waals surface area (Å²) in [7, 11) is -12.9. The van der Waals surface area contributed by atoms with Gasteiger partial charge in [0.2, 0.25) is 0 Å². The Kier molecular flexibility index (Phi) is 39.7. The molecule has 29 nitrogen and oxygen atoms in total.